The van der Waals surface area contributed by atoms with Crippen LogP contribution in [0, 0.1) is 5.92 Å². The summed E-state index contributed by atoms with van der Waals surface area (Å²) in [6, 6.07) is 10.5. The molecule has 4 saturated heterocycles. The van der Waals surface area contributed by atoms with Gasteiger partial charge >= 0.3 is 0 Å². The van der Waals surface area contributed by atoms with Crippen LogP contribution >= 0.6 is 23.5 Å². The largest absolute Gasteiger partial charge is 0.334 e. The maximum absolute atomic E-state index is 13.2. The van der Waals surface area contributed by atoms with E-state index in [-0.39, 0.29) is 18.1 Å². The van der Waals surface area contributed by atoms with E-state index < -0.39 is 4.39 Å². The fourth-order valence-electron chi connectivity index (χ4n) is 3.86. The second kappa shape index (κ2) is 5.46. The van der Waals surface area contributed by atoms with Crippen LogP contribution in [0.5, 0.6) is 0 Å². The minimum atomic E-state index is -0.494. The molecule has 0 aliphatic carbocycles. The van der Waals surface area contributed by atoms with Gasteiger partial charge in [-0.15, -0.1) is 0 Å². The Morgan fingerprint density at radius 1 is 1.36 bits per heavy atom. The Balaban J connectivity index is 1.70. The van der Waals surface area contributed by atoms with E-state index in [0.717, 1.165) is 18.6 Å². The molecule has 0 radical (unpaired) electrons. The highest BCUT2D eigenvalue weighted by atomic mass is 32.2. The Labute approximate surface area is 140 Å². The highest BCUT2D eigenvalue weighted by Gasteiger charge is 2.65. The number of nitrogens with zero attached hydrogens (tertiary/aromatic N) is 1. The lowest BCUT2D eigenvalue weighted by Gasteiger charge is -2.55. The van der Waals surface area contributed by atoms with Crippen molar-refractivity contribution < 1.29 is 9.53 Å². The van der Waals surface area contributed by atoms with Crippen molar-refractivity contribution in [2.24, 2.45) is 5.92 Å². The van der Waals surface area contributed by atoms with Crippen LogP contribution in [0.4, 0.5) is 0 Å². The van der Waals surface area contributed by atoms with Crippen LogP contribution in [0.2, 0.25) is 0 Å². The number of benzene rings is 1. The molecule has 4 aliphatic rings. The second-order valence-electron chi connectivity index (χ2n) is 6.26. The van der Waals surface area contributed by atoms with Crippen LogP contribution in [0.25, 0.3) is 0 Å². The van der Waals surface area contributed by atoms with E-state index in [1.165, 1.54) is 5.56 Å². The zero-order chi connectivity index (χ0) is 15.3. The first-order valence-corrected chi connectivity index (χ1v) is 9.90. The normalized spacial score (nSPS) is 40.1. The maximum Gasteiger partial charge on any atom is 0.243 e. The minimum Gasteiger partial charge on any atom is -0.334 e. The number of carbonyl (C=O) groups is 1. The number of carbonyl (C=O) groups excluding carboxylic acids is 1. The van der Waals surface area contributed by atoms with Gasteiger partial charge in [-0.2, -0.15) is 0 Å². The molecule has 4 aliphatic heterocycles. The van der Waals surface area contributed by atoms with Crippen LogP contribution in [0.15, 0.2) is 30.3 Å². The molecule has 1 aromatic rings. The molecule has 0 aromatic heterocycles. The lowest BCUT2D eigenvalue weighted by Crippen LogP contribution is -2.65. The highest BCUT2D eigenvalue weighted by Crippen LogP contribution is 2.63. The van der Waals surface area contributed by atoms with E-state index in [1.807, 2.05) is 34.9 Å². The molecule has 4 fully saturated rings. The molecule has 0 N–H and O–H groups in total. The molecule has 0 saturated carbocycles. The van der Waals surface area contributed by atoms with Crippen molar-refractivity contribution in [3.8, 4) is 0 Å². The molecule has 1 aromatic carbocycles. The van der Waals surface area contributed by atoms with Crippen molar-refractivity contribution in [2.75, 3.05) is 5.75 Å². The topological polar surface area (TPSA) is 29.5 Å². The smallest absolute Gasteiger partial charge is 0.243 e. The van der Waals surface area contributed by atoms with Gasteiger partial charge in [0.1, 0.15) is 0 Å². The molecule has 5 atom stereocenters. The fourth-order valence-corrected chi connectivity index (χ4v) is 7.46. The summed E-state index contributed by atoms with van der Waals surface area (Å²) in [5.74, 6) is 1.23. The molecule has 1 amide bonds. The van der Waals surface area contributed by atoms with Crippen LogP contribution < -0.4 is 0 Å². The summed E-state index contributed by atoms with van der Waals surface area (Å²) < 4.78 is 5.97. The monoisotopic (exact) mass is 335 g/mol. The van der Waals surface area contributed by atoms with Gasteiger partial charge in [-0.3, -0.25) is 9.69 Å². The summed E-state index contributed by atoms with van der Waals surface area (Å²) in [4.78, 5) is 15.2. The second-order valence-corrected chi connectivity index (χ2v) is 9.23. The molecule has 3 nitrogen and oxygen atoms in total. The van der Waals surface area contributed by atoms with Crippen LogP contribution in [0.3, 0.4) is 0 Å². The van der Waals surface area contributed by atoms with Crippen molar-refractivity contribution in [2.45, 2.75) is 48.5 Å². The van der Waals surface area contributed by atoms with Gasteiger partial charge in [0.25, 0.3) is 0 Å². The molecular weight excluding hydrogens is 314 g/mol. The first kappa shape index (κ1) is 14.9. The predicted molar refractivity (Wildman–Crippen MR) is 91.5 cm³/mol. The van der Waals surface area contributed by atoms with E-state index in [2.05, 4.69) is 26.0 Å². The molecule has 1 unspecified atom stereocenters. The van der Waals surface area contributed by atoms with Gasteiger partial charge in [0.15, 0.2) is 0 Å². The van der Waals surface area contributed by atoms with Crippen molar-refractivity contribution in [1.29, 1.82) is 0 Å². The summed E-state index contributed by atoms with van der Waals surface area (Å²) >= 11 is 3.63. The van der Waals surface area contributed by atoms with E-state index >= 15 is 0 Å². The van der Waals surface area contributed by atoms with Crippen molar-refractivity contribution in [1.82, 2.24) is 4.90 Å². The van der Waals surface area contributed by atoms with Crippen LogP contribution in [-0.4, -0.2) is 32.3 Å². The number of amides is 1. The molecule has 5 rings (SSSR count). The first-order chi connectivity index (χ1) is 10.7. The van der Waals surface area contributed by atoms with Gasteiger partial charge in [-0.25, -0.2) is 0 Å². The van der Waals surface area contributed by atoms with E-state index in [0.29, 0.717) is 11.2 Å². The summed E-state index contributed by atoms with van der Waals surface area (Å²) in [5.41, 5.74) is 1.22. The van der Waals surface area contributed by atoms with Crippen molar-refractivity contribution in [3.63, 3.8) is 0 Å². The number of rotatable bonds is 3. The Hall–Kier alpha value is -0.650. The van der Waals surface area contributed by atoms with Crippen LogP contribution in [-0.2, 0) is 9.53 Å². The van der Waals surface area contributed by atoms with Crippen molar-refractivity contribution in [3.05, 3.63) is 35.9 Å². The fraction of sp³-hybridized carbons (Fsp3) is 0.588. The van der Waals surface area contributed by atoms with Gasteiger partial charge in [-0.1, -0.05) is 74.1 Å². The first-order valence-electron chi connectivity index (χ1n) is 8.04. The van der Waals surface area contributed by atoms with E-state index in [1.54, 1.807) is 11.8 Å². The summed E-state index contributed by atoms with van der Waals surface area (Å²) in [6.07, 6.45) is 2.13. The Morgan fingerprint density at radius 3 is 2.86 bits per heavy atom. The van der Waals surface area contributed by atoms with E-state index in [9.17, 15) is 4.79 Å². The van der Waals surface area contributed by atoms with Gasteiger partial charge in [0.2, 0.25) is 10.3 Å². The Bertz CT molecular complexity index is 581. The lowest BCUT2D eigenvalue weighted by molar-refractivity contribution is -0.186. The number of fused-ring (bicyclic) bond motifs is 2. The third-order valence-corrected chi connectivity index (χ3v) is 7.89. The molecule has 22 heavy (non-hydrogen) atoms. The zero-order valence-electron chi connectivity index (χ0n) is 12.9. The SMILES string of the molecule is CCC[C@H]1O[C@@]23SCC(c4ccccc4)N2C(=O)[C@@H]1[C@H](C)S3. The molecule has 1 spiro atoms. The lowest BCUT2D eigenvalue weighted by atomic mass is 9.91. The number of hydrogen-bond acceptors (Lipinski definition) is 4. The standard InChI is InChI=1S/C17H21NO2S2/c1-3-7-14-15-11(2)22-17(20-14)18(16(15)19)13(10-21-17)12-8-5-4-6-9-12/h4-6,8-9,11,13-15H,3,7,10H2,1-2H3/t11-,13?,14+,15+,17+/m0/s1. The summed E-state index contributed by atoms with van der Waals surface area (Å²) in [7, 11) is 0. The molecule has 2 bridgehead atoms. The highest BCUT2D eigenvalue weighted by molar-refractivity contribution is 8.18. The van der Waals surface area contributed by atoms with Crippen molar-refractivity contribution >= 4 is 29.4 Å². The molecular formula is C17H21NO2S2. The predicted octanol–water partition coefficient (Wildman–Crippen LogP) is 3.86. The minimum absolute atomic E-state index is 0.0109. The van der Waals surface area contributed by atoms with Gasteiger partial charge in [0.05, 0.1) is 18.1 Å². The van der Waals surface area contributed by atoms with Gasteiger partial charge in [0, 0.05) is 11.0 Å². The van der Waals surface area contributed by atoms with Crippen LogP contribution in [0.1, 0.15) is 38.3 Å². The number of thioether (sulfide) groups is 2. The third-order valence-electron chi connectivity index (χ3n) is 4.85. The average molecular weight is 335 g/mol. The third kappa shape index (κ3) is 2.05. The van der Waals surface area contributed by atoms with E-state index in [4.69, 9.17) is 4.74 Å². The zero-order valence-corrected chi connectivity index (χ0v) is 14.5. The van der Waals surface area contributed by atoms with Gasteiger partial charge in [-0.05, 0) is 12.0 Å². The maximum atomic E-state index is 13.2. The molecule has 4 heterocycles. The number of hydrogen-bond donors (Lipinski definition) is 0. The summed E-state index contributed by atoms with van der Waals surface area (Å²) in [6.45, 7) is 4.35. The molecule has 5 heteroatoms. The van der Waals surface area contributed by atoms with Gasteiger partial charge < -0.3 is 4.74 Å². The number of ether oxygens (including phenoxy) is 1. The quantitative estimate of drug-likeness (QED) is 0.839. The Morgan fingerprint density at radius 2 is 2.14 bits per heavy atom. The average Bonchev–Trinajstić information content (AvgIpc) is 2.88. The Kier molecular flexibility index (Phi) is 3.70. The molecule has 118 valence electrons. The summed E-state index contributed by atoms with van der Waals surface area (Å²) in [5, 5.41) is 0.344.